The van der Waals surface area contributed by atoms with Crippen molar-refractivity contribution in [1.82, 2.24) is 20.9 Å². The van der Waals surface area contributed by atoms with Gasteiger partial charge in [-0.3, -0.25) is 9.59 Å². The molecule has 9 N–H and O–H groups in total. The highest BCUT2D eigenvalue weighted by Crippen LogP contribution is 2.45. The molecule has 0 aromatic heterocycles. The Kier molecular flexibility index (Phi) is 5.95. The second-order valence-corrected chi connectivity index (χ2v) is 11.0. The fourth-order valence-electron chi connectivity index (χ4n) is 5.79. The summed E-state index contributed by atoms with van der Waals surface area (Å²) < 4.78 is 32.6. The van der Waals surface area contributed by atoms with Gasteiger partial charge in [0.1, 0.15) is 17.8 Å². The molecule has 39 heavy (non-hydrogen) atoms. The Morgan fingerprint density at radius 3 is 2.69 bits per heavy atom. The summed E-state index contributed by atoms with van der Waals surface area (Å²) in [7, 11) is 0. The summed E-state index contributed by atoms with van der Waals surface area (Å²) in [5.74, 6) is -8.45. The number of carbonyl (C=O) groups excluding carboxylic acids is 2. The lowest BCUT2D eigenvalue weighted by molar-refractivity contribution is -0.230. The molecule has 1 fully saturated rings. The average molecular weight is 551 g/mol. The summed E-state index contributed by atoms with van der Waals surface area (Å²) >= 11 is 0. The topological polar surface area (TPSA) is 200 Å². The van der Waals surface area contributed by atoms with E-state index < -0.39 is 53.9 Å². The first-order valence-corrected chi connectivity index (χ1v) is 12.5. The van der Waals surface area contributed by atoms with Gasteiger partial charge in [0.15, 0.2) is 17.6 Å². The van der Waals surface area contributed by atoms with Crippen LogP contribution in [0.4, 0.5) is 8.78 Å². The number of fused-ring (bicyclic) bond motifs is 1. The summed E-state index contributed by atoms with van der Waals surface area (Å²) in [6.07, 6.45) is 0.770. The number of amides is 2. The largest absolute Gasteiger partial charge is 0.492 e. The number of hydrogen-bond donors (Lipinski definition) is 7. The van der Waals surface area contributed by atoms with Crippen LogP contribution in [0.1, 0.15) is 43.1 Å². The Balaban J connectivity index is 1.43. The van der Waals surface area contributed by atoms with Crippen molar-refractivity contribution in [1.29, 1.82) is 0 Å². The van der Waals surface area contributed by atoms with Gasteiger partial charge in [0.05, 0.1) is 18.2 Å². The predicted octanol–water partition coefficient (Wildman–Crippen LogP) is -1.71. The Hall–Kier alpha value is -3.72. The van der Waals surface area contributed by atoms with E-state index in [-0.39, 0.29) is 29.4 Å². The highest BCUT2D eigenvalue weighted by atomic mass is 19.3. The second kappa shape index (κ2) is 8.64. The Morgan fingerprint density at radius 1 is 1.28 bits per heavy atom. The molecule has 15 heteroatoms. The van der Waals surface area contributed by atoms with Crippen LogP contribution in [0.5, 0.6) is 5.75 Å². The van der Waals surface area contributed by atoms with Crippen LogP contribution in [0.2, 0.25) is 0 Å². The molecule has 0 bridgehead atoms. The Morgan fingerprint density at radius 2 is 2.00 bits per heavy atom. The molecule has 0 unspecified atom stereocenters. The van der Waals surface area contributed by atoms with Crippen molar-refractivity contribution >= 4 is 23.7 Å². The quantitative estimate of drug-likeness (QED) is 0.209. The van der Waals surface area contributed by atoms with Gasteiger partial charge in [-0.25, -0.2) is 9.98 Å². The molecule has 0 aliphatic carbocycles. The van der Waals surface area contributed by atoms with Crippen LogP contribution in [-0.2, 0) is 10.2 Å². The van der Waals surface area contributed by atoms with E-state index in [0.717, 1.165) is 12.0 Å². The van der Waals surface area contributed by atoms with Crippen LogP contribution < -0.4 is 32.2 Å². The smallest absolute Gasteiger partial charge is 0.321 e. The van der Waals surface area contributed by atoms with Crippen LogP contribution in [0.15, 0.2) is 28.2 Å². The summed E-state index contributed by atoms with van der Waals surface area (Å²) in [5, 5.41) is 30.6. The molecule has 1 aromatic rings. The van der Waals surface area contributed by atoms with Crippen molar-refractivity contribution in [2.75, 3.05) is 19.7 Å². The van der Waals surface area contributed by atoms with Crippen molar-refractivity contribution in [3.63, 3.8) is 0 Å². The van der Waals surface area contributed by atoms with Crippen LogP contribution in [0, 0.1) is 0 Å². The number of aliphatic hydroxyl groups is 2. The monoisotopic (exact) mass is 550 g/mol. The van der Waals surface area contributed by atoms with Crippen molar-refractivity contribution < 1.29 is 33.3 Å². The lowest BCUT2D eigenvalue weighted by atomic mass is 9.79. The van der Waals surface area contributed by atoms with Crippen LogP contribution in [0.3, 0.4) is 0 Å². The minimum atomic E-state index is -3.64. The first-order chi connectivity index (χ1) is 18.1. The SMILES string of the molecule is CC(F)(F)C(=O)NC[C@@H]1N=C(N)N2C[C@H](NC(=O)c3cccc4c3OCCC4(C)C)C(O)(O)[C@@]23NC(N)=N[C@@H]13. The third kappa shape index (κ3) is 4.02. The van der Waals surface area contributed by atoms with Gasteiger partial charge in [0.2, 0.25) is 5.79 Å². The Labute approximate surface area is 222 Å². The Bertz CT molecular complexity index is 1280. The summed E-state index contributed by atoms with van der Waals surface area (Å²) in [4.78, 5) is 35.0. The molecule has 5 rings (SSSR count). The van der Waals surface area contributed by atoms with Crippen LogP contribution in [-0.4, -0.2) is 94.0 Å². The first-order valence-electron chi connectivity index (χ1n) is 12.5. The van der Waals surface area contributed by atoms with Gasteiger partial charge in [0, 0.05) is 25.6 Å². The number of nitrogens with zero attached hydrogens (tertiary/aromatic N) is 3. The number of guanidine groups is 2. The summed E-state index contributed by atoms with van der Waals surface area (Å²) in [6.45, 7) is 4.34. The number of aliphatic imine (C=N–C) groups is 2. The van der Waals surface area contributed by atoms with Crippen LogP contribution in [0.25, 0.3) is 0 Å². The number of para-hydroxylation sites is 1. The lowest BCUT2D eigenvalue weighted by Gasteiger charge is -2.49. The first kappa shape index (κ1) is 26.9. The van der Waals surface area contributed by atoms with Gasteiger partial charge in [-0.05, 0) is 17.9 Å². The molecular formula is C24H32F2N8O5. The molecule has 1 saturated heterocycles. The number of rotatable bonds is 5. The van der Waals surface area contributed by atoms with Crippen molar-refractivity contribution in [3.8, 4) is 5.75 Å². The van der Waals surface area contributed by atoms with E-state index in [9.17, 15) is 28.6 Å². The zero-order valence-corrected chi connectivity index (χ0v) is 21.7. The van der Waals surface area contributed by atoms with Gasteiger partial charge in [0.25, 0.3) is 11.8 Å². The van der Waals surface area contributed by atoms with E-state index in [4.69, 9.17) is 16.2 Å². The highest BCUT2D eigenvalue weighted by molar-refractivity contribution is 5.98. The van der Waals surface area contributed by atoms with Gasteiger partial charge >= 0.3 is 5.92 Å². The number of nitrogens with two attached hydrogens (primary N) is 2. The molecule has 1 aromatic carbocycles. The molecule has 4 atom stereocenters. The third-order valence-electron chi connectivity index (χ3n) is 7.94. The number of alkyl halides is 2. The molecule has 13 nitrogen and oxygen atoms in total. The molecule has 2 amide bonds. The van der Waals surface area contributed by atoms with E-state index in [2.05, 4.69) is 39.8 Å². The zero-order chi connectivity index (χ0) is 28.5. The van der Waals surface area contributed by atoms with E-state index in [1.165, 1.54) is 4.90 Å². The zero-order valence-electron chi connectivity index (χ0n) is 21.7. The second-order valence-electron chi connectivity index (χ2n) is 11.0. The normalized spacial score (nSPS) is 30.0. The molecule has 212 valence electrons. The number of benzene rings is 1. The molecule has 1 spiro atoms. The number of ether oxygens (including phenoxy) is 1. The van der Waals surface area contributed by atoms with Gasteiger partial charge in [-0.1, -0.05) is 26.0 Å². The fraction of sp³-hybridized carbons (Fsp3) is 0.583. The minimum Gasteiger partial charge on any atom is -0.492 e. The molecular weight excluding hydrogens is 518 g/mol. The number of halogens is 2. The standard InChI is InChI=1S/C24H32F2N8O5/c1-21(2)7-8-39-15-11(5-4-6-12(15)21)17(35)31-14-10-34-20(28)30-13(9-29-18(36)22(3,25)26)16-23(34,24(14,37)38)33-19(27)32-16/h4-6,13-14,16,37-38H,7-10H2,1-3H3,(H2,28,30)(H,29,36)(H,31,35)(H3,27,32,33)/t13-,14-,16-,23-/m0/s1. The summed E-state index contributed by atoms with van der Waals surface area (Å²) in [5.41, 5.74) is 11.1. The van der Waals surface area contributed by atoms with Gasteiger partial charge < -0.3 is 47.3 Å². The maximum atomic E-state index is 13.5. The maximum Gasteiger partial charge on any atom is 0.321 e. The number of nitrogens with one attached hydrogen (secondary N) is 3. The van der Waals surface area contributed by atoms with Crippen molar-refractivity contribution in [2.45, 2.75) is 68.1 Å². The number of carbonyl (C=O) groups is 2. The van der Waals surface area contributed by atoms with E-state index >= 15 is 0 Å². The average Bonchev–Trinajstić information content (AvgIpc) is 3.31. The lowest BCUT2D eigenvalue weighted by Crippen LogP contribution is -2.78. The molecule has 4 heterocycles. The molecule has 0 radical (unpaired) electrons. The molecule has 0 saturated carbocycles. The van der Waals surface area contributed by atoms with Gasteiger partial charge in [-0.2, -0.15) is 8.78 Å². The molecule has 4 aliphatic rings. The maximum absolute atomic E-state index is 13.5. The predicted molar refractivity (Wildman–Crippen MR) is 135 cm³/mol. The van der Waals surface area contributed by atoms with Gasteiger partial charge in [-0.15, -0.1) is 0 Å². The van der Waals surface area contributed by atoms with E-state index in [1.54, 1.807) is 12.1 Å². The van der Waals surface area contributed by atoms with Crippen molar-refractivity contribution in [3.05, 3.63) is 29.3 Å². The molecule has 4 aliphatic heterocycles. The third-order valence-corrected chi connectivity index (χ3v) is 7.94. The fourth-order valence-corrected chi connectivity index (χ4v) is 5.79. The summed E-state index contributed by atoms with van der Waals surface area (Å²) in [6, 6.07) is 1.64. The van der Waals surface area contributed by atoms with E-state index in [0.29, 0.717) is 19.3 Å². The van der Waals surface area contributed by atoms with E-state index in [1.807, 2.05) is 6.07 Å². The van der Waals surface area contributed by atoms with Crippen LogP contribution >= 0.6 is 0 Å². The minimum absolute atomic E-state index is 0.181. The highest BCUT2D eigenvalue weighted by Gasteiger charge is 2.73. The number of hydrogen-bond acceptors (Lipinski definition) is 11. The van der Waals surface area contributed by atoms with Crippen molar-refractivity contribution in [2.24, 2.45) is 21.5 Å².